The van der Waals surface area contributed by atoms with Gasteiger partial charge in [-0.25, -0.2) is 4.79 Å². The maximum Gasteiger partial charge on any atom is 0.347 e. The second kappa shape index (κ2) is 6.59. The van der Waals surface area contributed by atoms with Crippen LogP contribution in [0.1, 0.15) is 31.4 Å². The van der Waals surface area contributed by atoms with Crippen LogP contribution in [0.25, 0.3) is 0 Å². The molecule has 1 fully saturated rings. The van der Waals surface area contributed by atoms with E-state index in [2.05, 4.69) is 35.1 Å². The molecule has 1 unspecified atom stereocenters. The first kappa shape index (κ1) is 15.3. The molecular weight excluding hydrogens is 322 g/mol. The van der Waals surface area contributed by atoms with Gasteiger partial charge in [0.1, 0.15) is 5.75 Å². The first-order chi connectivity index (χ1) is 9.47. The molecule has 110 valence electrons. The van der Waals surface area contributed by atoms with Crippen molar-refractivity contribution in [3.8, 4) is 5.75 Å². The minimum atomic E-state index is -0.479. The van der Waals surface area contributed by atoms with E-state index in [1.807, 2.05) is 19.1 Å². The molecule has 0 saturated carbocycles. The van der Waals surface area contributed by atoms with E-state index in [9.17, 15) is 4.79 Å². The maximum atomic E-state index is 11.6. The van der Waals surface area contributed by atoms with Gasteiger partial charge in [-0.15, -0.1) is 0 Å². The van der Waals surface area contributed by atoms with Crippen molar-refractivity contribution in [2.24, 2.45) is 0 Å². The van der Waals surface area contributed by atoms with Crippen LogP contribution in [0.5, 0.6) is 5.75 Å². The van der Waals surface area contributed by atoms with Crippen molar-refractivity contribution >= 4 is 21.9 Å². The lowest BCUT2D eigenvalue weighted by Crippen LogP contribution is -2.25. The number of carbonyl (C=O) groups is 1. The summed E-state index contributed by atoms with van der Waals surface area (Å²) < 4.78 is 11.9. The van der Waals surface area contributed by atoms with Gasteiger partial charge < -0.3 is 14.8 Å². The third kappa shape index (κ3) is 3.73. The number of hydrogen-bond acceptors (Lipinski definition) is 4. The van der Waals surface area contributed by atoms with Crippen LogP contribution in [0.4, 0.5) is 0 Å². The summed E-state index contributed by atoms with van der Waals surface area (Å²) in [5.74, 6) is 0.514. The molecule has 2 rings (SSSR count). The maximum absolute atomic E-state index is 11.6. The largest absolute Gasteiger partial charge is 0.478 e. The average Bonchev–Trinajstić information content (AvgIpc) is 2.76. The second-order valence-electron chi connectivity index (χ2n) is 5.31. The standard InChI is InChI=1S/C15H20BrNO3/c1-9(2)17-8-11-7-12(16)6-10(3)14(11)20-13-4-5-19-15(13)18/h6-7,9,13,17H,4-5,8H2,1-3H3. The lowest BCUT2D eigenvalue weighted by molar-refractivity contribution is -0.143. The highest BCUT2D eigenvalue weighted by Gasteiger charge is 2.29. The van der Waals surface area contributed by atoms with E-state index in [1.54, 1.807) is 0 Å². The summed E-state index contributed by atoms with van der Waals surface area (Å²) in [7, 11) is 0. The van der Waals surface area contributed by atoms with Gasteiger partial charge in [-0.2, -0.15) is 0 Å². The fourth-order valence-corrected chi connectivity index (χ4v) is 2.76. The van der Waals surface area contributed by atoms with E-state index in [0.29, 0.717) is 25.6 Å². The molecule has 0 spiro atoms. The average molecular weight is 342 g/mol. The highest BCUT2D eigenvalue weighted by molar-refractivity contribution is 9.10. The van der Waals surface area contributed by atoms with Crippen LogP contribution in [-0.4, -0.2) is 24.7 Å². The molecule has 4 nitrogen and oxygen atoms in total. The zero-order valence-electron chi connectivity index (χ0n) is 12.0. The number of rotatable bonds is 5. The smallest absolute Gasteiger partial charge is 0.347 e. The Bertz CT molecular complexity index is 502. The summed E-state index contributed by atoms with van der Waals surface area (Å²) in [5, 5.41) is 3.38. The molecule has 0 bridgehead atoms. The topological polar surface area (TPSA) is 47.6 Å². The quantitative estimate of drug-likeness (QED) is 0.836. The van der Waals surface area contributed by atoms with Crippen molar-refractivity contribution in [2.45, 2.75) is 45.9 Å². The summed E-state index contributed by atoms with van der Waals surface area (Å²) in [6, 6.07) is 4.41. The minimum Gasteiger partial charge on any atom is -0.478 e. The Morgan fingerprint density at radius 1 is 1.50 bits per heavy atom. The number of cyclic esters (lactones) is 1. The van der Waals surface area contributed by atoms with E-state index >= 15 is 0 Å². The van der Waals surface area contributed by atoms with Gasteiger partial charge >= 0.3 is 5.97 Å². The van der Waals surface area contributed by atoms with Gasteiger partial charge in [0, 0.05) is 29.0 Å². The van der Waals surface area contributed by atoms with Gasteiger partial charge in [0.2, 0.25) is 0 Å². The van der Waals surface area contributed by atoms with Crippen LogP contribution in [0, 0.1) is 6.92 Å². The van der Waals surface area contributed by atoms with Gasteiger partial charge in [0.15, 0.2) is 6.10 Å². The zero-order valence-corrected chi connectivity index (χ0v) is 13.6. The molecule has 5 heteroatoms. The number of carbonyl (C=O) groups excluding carboxylic acids is 1. The molecule has 1 saturated heterocycles. The zero-order chi connectivity index (χ0) is 14.7. The Kier molecular flexibility index (Phi) is 5.05. The summed E-state index contributed by atoms with van der Waals surface area (Å²) in [5.41, 5.74) is 2.06. The Morgan fingerprint density at radius 3 is 2.85 bits per heavy atom. The van der Waals surface area contributed by atoms with Crippen molar-refractivity contribution < 1.29 is 14.3 Å². The molecule has 0 radical (unpaired) electrons. The Hall–Kier alpha value is -1.07. The van der Waals surface area contributed by atoms with Crippen LogP contribution in [0.2, 0.25) is 0 Å². The van der Waals surface area contributed by atoms with Crippen molar-refractivity contribution in [3.63, 3.8) is 0 Å². The number of ether oxygens (including phenoxy) is 2. The summed E-state index contributed by atoms with van der Waals surface area (Å²) in [4.78, 5) is 11.6. The monoisotopic (exact) mass is 341 g/mol. The van der Waals surface area contributed by atoms with Crippen LogP contribution < -0.4 is 10.1 Å². The highest BCUT2D eigenvalue weighted by Crippen LogP contribution is 2.30. The molecule has 1 atom stereocenters. The predicted octanol–water partition coefficient (Wildman–Crippen LogP) is 2.95. The van der Waals surface area contributed by atoms with Crippen molar-refractivity contribution in [2.75, 3.05) is 6.61 Å². The van der Waals surface area contributed by atoms with Gasteiger partial charge in [0.05, 0.1) is 6.61 Å². The van der Waals surface area contributed by atoms with Gasteiger partial charge in [-0.05, 0) is 24.6 Å². The number of halogens is 1. The molecule has 0 aliphatic carbocycles. The van der Waals surface area contributed by atoms with Crippen LogP contribution in [0.15, 0.2) is 16.6 Å². The van der Waals surface area contributed by atoms with Crippen LogP contribution >= 0.6 is 15.9 Å². The molecule has 0 aromatic heterocycles. The number of esters is 1. The molecular formula is C15H20BrNO3. The van der Waals surface area contributed by atoms with E-state index in [4.69, 9.17) is 9.47 Å². The van der Waals surface area contributed by atoms with Gasteiger partial charge in [-0.1, -0.05) is 29.8 Å². The van der Waals surface area contributed by atoms with E-state index in [-0.39, 0.29) is 5.97 Å². The Balaban J connectivity index is 2.22. The van der Waals surface area contributed by atoms with Gasteiger partial charge in [-0.3, -0.25) is 0 Å². The van der Waals surface area contributed by atoms with Crippen molar-refractivity contribution in [1.82, 2.24) is 5.32 Å². The summed E-state index contributed by atoms with van der Waals surface area (Å²) >= 11 is 3.50. The minimum absolute atomic E-state index is 0.268. The van der Waals surface area contributed by atoms with E-state index in [1.165, 1.54) is 0 Å². The Morgan fingerprint density at radius 2 is 2.25 bits per heavy atom. The number of aryl methyl sites for hydroxylation is 1. The molecule has 1 aromatic rings. The molecule has 0 amide bonds. The van der Waals surface area contributed by atoms with Crippen molar-refractivity contribution in [1.29, 1.82) is 0 Å². The summed E-state index contributed by atoms with van der Waals surface area (Å²) in [6.45, 7) is 7.33. The van der Waals surface area contributed by atoms with E-state index < -0.39 is 6.10 Å². The first-order valence-electron chi connectivity index (χ1n) is 6.83. The lowest BCUT2D eigenvalue weighted by Gasteiger charge is -2.18. The number of nitrogens with one attached hydrogen (secondary N) is 1. The Labute approximate surface area is 128 Å². The first-order valence-corrected chi connectivity index (χ1v) is 7.62. The fourth-order valence-electron chi connectivity index (χ4n) is 2.14. The predicted molar refractivity (Wildman–Crippen MR) is 80.8 cm³/mol. The number of hydrogen-bond donors (Lipinski definition) is 1. The molecule has 1 aromatic carbocycles. The van der Waals surface area contributed by atoms with Crippen LogP contribution in [-0.2, 0) is 16.1 Å². The molecule has 20 heavy (non-hydrogen) atoms. The third-order valence-electron chi connectivity index (χ3n) is 3.16. The van der Waals surface area contributed by atoms with Crippen molar-refractivity contribution in [3.05, 3.63) is 27.7 Å². The van der Waals surface area contributed by atoms with Gasteiger partial charge in [0.25, 0.3) is 0 Å². The third-order valence-corrected chi connectivity index (χ3v) is 3.62. The SMILES string of the molecule is Cc1cc(Br)cc(CNC(C)C)c1OC1CCOC1=O. The fraction of sp³-hybridized carbons (Fsp3) is 0.533. The molecule has 1 N–H and O–H groups in total. The van der Waals surface area contributed by atoms with Crippen LogP contribution in [0.3, 0.4) is 0 Å². The highest BCUT2D eigenvalue weighted by atomic mass is 79.9. The number of benzene rings is 1. The second-order valence-corrected chi connectivity index (χ2v) is 6.22. The molecule has 1 heterocycles. The molecule has 1 aliphatic rings. The normalized spacial score (nSPS) is 18.4. The summed E-state index contributed by atoms with van der Waals surface area (Å²) in [6.07, 6.45) is 0.137. The lowest BCUT2D eigenvalue weighted by atomic mass is 10.1. The van der Waals surface area contributed by atoms with E-state index in [0.717, 1.165) is 21.3 Å². The molecule has 1 aliphatic heterocycles.